The summed E-state index contributed by atoms with van der Waals surface area (Å²) < 4.78 is 0. The van der Waals surface area contributed by atoms with E-state index in [2.05, 4.69) is 15.2 Å². The van der Waals surface area contributed by atoms with Gasteiger partial charge >= 0.3 is 5.97 Å². The number of nitrogens with one attached hydrogen (secondary N) is 1. The van der Waals surface area contributed by atoms with E-state index in [1.54, 1.807) is 0 Å². The van der Waals surface area contributed by atoms with Gasteiger partial charge in [-0.25, -0.2) is 9.69 Å². The highest BCUT2D eigenvalue weighted by Gasteiger charge is 2.39. The van der Waals surface area contributed by atoms with Crippen LogP contribution in [0, 0.1) is 6.92 Å². The Kier molecular flexibility index (Phi) is 3.40. The molecule has 0 unspecified atom stereocenters. The van der Waals surface area contributed by atoms with Crippen LogP contribution in [0.3, 0.4) is 0 Å². The fourth-order valence-corrected chi connectivity index (χ4v) is 2.75. The quantitative estimate of drug-likeness (QED) is 0.702. The Morgan fingerprint density at radius 3 is 2.42 bits per heavy atom. The van der Waals surface area contributed by atoms with Crippen LogP contribution in [0.5, 0.6) is 0 Å². The van der Waals surface area contributed by atoms with E-state index in [0.717, 1.165) is 16.0 Å². The minimum absolute atomic E-state index is 0.0246. The Bertz CT molecular complexity index is 1070. The van der Waals surface area contributed by atoms with Crippen molar-refractivity contribution in [3.05, 3.63) is 64.7 Å². The van der Waals surface area contributed by atoms with Gasteiger partial charge < -0.3 is 5.11 Å². The maximum Gasteiger partial charge on any atom is 0.335 e. The summed E-state index contributed by atoms with van der Waals surface area (Å²) in [5.74, 6) is -2.07. The van der Waals surface area contributed by atoms with Crippen LogP contribution in [0.4, 0.5) is 5.95 Å². The molecule has 0 saturated heterocycles. The average molecular weight is 348 g/mol. The molecule has 0 fully saturated rings. The smallest absolute Gasteiger partial charge is 0.335 e. The molecule has 8 heteroatoms. The van der Waals surface area contributed by atoms with Crippen molar-refractivity contribution in [3.8, 4) is 11.4 Å². The van der Waals surface area contributed by atoms with Crippen LogP contribution in [0.25, 0.3) is 11.4 Å². The minimum atomic E-state index is -1.17. The maximum atomic E-state index is 12.6. The number of aromatic nitrogens is 3. The van der Waals surface area contributed by atoms with Crippen molar-refractivity contribution in [2.45, 2.75) is 6.92 Å². The number of aromatic carboxylic acids is 1. The minimum Gasteiger partial charge on any atom is -0.478 e. The van der Waals surface area contributed by atoms with Crippen LogP contribution in [-0.4, -0.2) is 38.1 Å². The van der Waals surface area contributed by atoms with E-state index in [9.17, 15) is 14.4 Å². The van der Waals surface area contributed by atoms with Gasteiger partial charge in [0.05, 0.1) is 16.7 Å². The molecule has 0 spiro atoms. The summed E-state index contributed by atoms with van der Waals surface area (Å²) in [4.78, 5) is 41.3. The first-order valence-electron chi connectivity index (χ1n) is 7.71. The molecule has 1 aliphatic heterocycles. The van der Waals surface area contributed by atoms with E-state index in [4.69, 9.17) is 5.11 Å². The van der Waals surface area contributed by atoms with Crippen molar-refractivity contribution in [2.24, 2.45) is 0 Å². The number of amides is 2. The second kappa shape index (κ2) is 5.62. The lowest BCUT2D eigenvalue weighted by Gasteiger charge is -2.07. The number of carboxylic acids is 1. The first kappa shape index (κ1) is 15.7. The standard InChI is InChI=1S/C18H12N4O4/c1-9-2-4-10(5-3-9)14-19-18(21-20-14)22-15(23)12-7-6-11(17(25)26)8-13(12)16(22)24/h2-8H,1H3,(H,25,26)(H,19,20,21). The van der Waals surface area contributed by atoms with Gasteiger partial charge in [-0.1, -0.05) is 29.8 Å². The van der Waals surface area contributed by atoms with Gasteiger partial charge in [-0.2, -0.15) is 4.98 Å². The molecule has 0 bridgehead atoms. The predicted molar refractivity (Wildman–Crippen MR) is 91.1 cm³/mol. The molecule has 0 saturated carbocycles. The molecule has 2 heterocycles. The van der Waals surface area contributed by atoms with Crippen LogP contribution in [0.1, 0.15) is 36.6 Å². The molecule has 26 heavy (non-hydrogen) atoms. The fourth-order valence-electron chi connectivity index (χ4n) is 2.75. The highest BCUT2D eigenvalue weighted by atomic mass is 16.4. The number of carboxylic acid groups (broad SMARTS) is 1. The number of fused-ring (bicyclic) bond motifs is 1. The van der Waals surface area contributed by atoms with Crippen molar-refractivity contribution in [1.82, 2.24) is 15.2 Å². The zero-order valence-corrected chi connectivity index (χ0v) is 13.6. The molecule has 0 atom stereocenters. The third-order valence-corrected chi connectivity index (χ3v) is 4.13. The molecule has 4 rings (SSSR count). The number of aromatic amines is 1. The Hall–Kier alpha value is -3.81. The van der Waals surface area contributed by atoms with Gasteiger partial charge in [-0.15, -0.1) is 5.10 Å². The lowest BCUT2D eigenvalue weighted by Crippen LogP contribution is -2.30. The topological polar surface area (TPSA) is 116 Å². The SMILES string of the molecule is Cc1ccc(-c2nc(N3C(=O)c4ccc(C(=O)O)cc4C3=O)n[nH]2)cc1. The highest BCUT2D eigenvalue weighted by molar-refractivity contribution is 6.34. The number of hydrogen-bond donors (Lipinski definition) is 2. The Labute approximate surface area is 147 Å². The van der Waals surface area contributed by atoms with Gasteiger partial charge in [0.25, 0.3) is 17.8 Å². The molecule has 128 valence electrons. The molecule has 1 aliphatic rings. The van der Waals surface area contributed by atoms with Gasteiger partial charge in [0, 0.05) is 5.56 Å². The predicted octanol–water partition coefficient (Wildman–Crippen LogP) is 2.28. The van der Waals surface area contributed by atoms with Crippen molar-refractivity contribution in [1.29, 1.82) is 0 Å². The first-order valence-corrected chi connectivity index (χ1v) is 7.71. The van der Waals surface area contributed by atoms with Crippen molar-refractivity contribution in [2.75, 3.05) is 4.90 Å². The van der Waals surface area contributed by atoms with Crippen LogP contribution in [0.2, 0.25) is 0 Å². The van der Waals surface area contributed by atoms with Gasteiger partial charge in [-0.05, 0) is 25.1 Å². The fraction of sp³-hybridized carbons (Fsp3) is 0.0556. The zero-order valence-electron chi connectivity index (χ0n) is 13.6. The van der Waals surface area contributed by atoms with Crippen LogP contribution in [0.15, 0.2) is 42.5 Å². The molecule has 3 aromatic rings. The molecule has 0 aliphatic carbocycles. The van der Waals surface area contributed by atoms with Gasteiger partial charge in [0.15, 0.2) is 5.82 Å². The van der Waals surface area contributed by atoms with Crippen molar-refractivity contribution >= 4 is 23.7 Å². The number of hydrogen-bond acceptors (Lipinski definition) is 5. The molecule has 0 radical (unpaired) electrons. The zero-order chi connectivity index (χ0) is 18.4. The van der Waals surface area contributed by atoms with Crippen LogP contribution >= 0.6 is 0 Å². The summed E-state index contributed by atoms with van der Waals surface area (Å²) in [5, 5.41) is 15.7. The number of anilines is 1. The van der Waals surface area contributed by atoms with Crippen LogP contribution < -0.4 is 4.90 Å². The molecular weight excluding hydrogens is 336 g/mol. The van der Waals surface area contributed by atoms with Crippen molar-refractivity contribution in [3.63, 3.8) is 0 Å². The van der Waals surface area contributed by atoms with E-state index in [-0.39, 0.29) is 22.6 Å². The molecule has 8 nitrogen and oxygen atoms in total. The summed E-state index contributed by atoms with van der Waals surface area (Å²) in [6, 6.07) is 11.3. The Morgan fingerprint density at radius 1 is 1.04 bits per heavy atom. The molecule has 1 aromatic heterocycles. The van der Waals surface area contributed by atoms with Gasteiger partial charge in [0.1, 0.15) is 0 Å². The van der Waals surface area contributed by atoms with Gasteiger partial charge in [-0.3, -0.25) is 14.7 Å². The van der Waals surface area contributed by atoms with Crippen LogP contribution in [-0.2, 0) is 0 Å². The Morgan fingerprint density at radius 2 is 1.73 bits per heavy atom. The van der Waals surface area contributed by atoms with E-state index >= 15 is 0 Å². The van der Waals surface area contributed by atoms with E-state index in [1.807, 2.05) is 31.2 Å². The number of carbonyl (C=O) groups excluding carboxylic acids is 2. The number of nitrogens with zero attached hydrogens (tertiary/aromatic N) is 3. The normalized spacial score (nSPS) is 13.2. The highest BCUT2D eigenvalue weighted by Crippen LogP contribution is 2.28. The van der Waals surface area contributed by atoms with Gasteiger partial charge in [0.2, 0.25) is 0 Å². The summed E-state index contributed by atoms with van der Waals surface area (Å²) in [7, 11) is 0. The summed E-state index contributed by atoms with van der Waals surface area (Å²) >= 11 is 0. The van der Waals surface area contributed by atoms with E-state index in [1.165, 1.54) is 18.2 Å². The Balaban J connectivity index is 1.71. The largest absolute Gasteiger partial charge is 0.478 e. The molecule has 2 N–H and O–H groups in total. The third-order valence-electron chi connectivity index (χ3n) is 4.13. The number of aryl methyl sites for hydroxylation is 1. The first-order chi connectivity index (χ1) is 12.5. The van der Waals surface area contributed by atoms with E-state index < -0.39 is 17.8 Å². The number of carbonyl (C=O) groups is 3. The maximum absolute atomic E-state index is 12.6. The van der Waals surface area contributed by atoms with E-state index in [0.29, 0.717) is 5.82 Å². The number of benzene rings is 2. The summed E-state index contributed by atoms with van der Waals surface area (Å²) in [6.45, 7) is 1.96. The molecule has 2 amide bonds. The number of H-pyrrole nitrogens is 1. The molecular formula is C18H12N4O4. The lowest BCUT2D eigenvalue weighted by molar-refractivity contribution is 0.0696. The second-order valence-electron chi connectivity index (χ2n) is 5.86. The molecule has 2 aromatic carbocycles. The number of rotatable bonds is 3. The summed E-state index contributed by atoms with van der Waals surface area (Å²) in [5.41, 5.74) is 1.93. The van der Waals surface area contributed by atoms with Crippen molar-refractivity contribution < 1.29 is 19.5 Å². The third kappa shape index (κ3) is 2.35. The lowest BCUT2D eigenvalue weighted by atomic mass is 10.1. The summed E-state index contributed by atoms with van der Waals surface area (Å²) in [6.07, 6.45) is 0. The second-order valence-corrected chi connectivity index (χ2v) is 5.86. The monoisotopic (exact) mass is 348 g/mol. The average Bonchev–Trinajstić information content (AvgIpc) is 3.19. The number of imide groups is 1.